The van der Waals surface area contributed by atoms with Gasteiger partial charge in [-0.05, 0) is 12.1 Å². The van der Waals surface area contributed by atoms with Gasteiger partial charge in [0.1, 0.15) is 0 Å². The van der Waals surface area contributed by atoms with Crippen LogP contribution in [0.3, 0.4) is 0 Å². The summed E-state index contributed by atoms with van der Waals surface area (Å²) in [6, 6.07) is 9.52. The number of carbonyl (C=O) groups is 1. The van der Waals surface area contributed by atoms with Gasteiger partial charge in [0, 0.05) is 13.5 Å². The zero-order valence-corrected chi connectivity index (χ0v) is 7.95. The van der Waals surface area contributed by atoms with Crippen molar-refractivity contribution in [2.24, 2.45) is 0 Å². The molecule has 1 N–H and O–H groups in total. The number of hydrazine groups is 1. The third-order valence-corrected chi connectivity index (χ3v) is 1.65. The normalized spacial score (nSPS) is 9.69. The maximum absolute atomic E-state index is 11.2. The van der Waals surface area contributed by atoms with Crippen LogP contribution in [0.2, 0.25) is 0 Å². The van der Waals surface area contributed by atoms with Crippen molar-refractivity contribution < 1.29 is 4.79 Å². The summed E-state index contributed by atoms with van der Waals surface area (Å²) in [5.74, 6) is -0.00644. The van der Waals surface area contributed by atoms with Crippen LogP contribution in [0.4, 0.5) is 5.69 Å². The van der Waals surface area contributed by atoms with Crippen molar-refractivity contribution in [2.75, 3.05) is 11.6 Å². The number of nitrogens with one attached hydrogen (secondary N) is 1. The van der Waals surface area contributed by atoms with E-state index >= 15 is 0 Å². The Labute approximate surface area is 78.3 Å². The zero-order chi connectivity index (χ0) is 9.68. The molecule has 0 unspecified atom stereocenters. The van der Waals surface area contributed by atoms with Crippen LogP contribution in [-0.4, -0.2) is 12.5 Å². The summed E-state index contributed by atoms with van der Waals surface area (Å²) in [7, 11) is 0. The zero-order valence-electron chi connectivity index (χ0n) is 7.95. The Morgan fingerprint density at radius 1 is 1.38 bits per heavy atom. The highest BCUT2D eigenvalue weighted by atomic mass is 16.2. The fraction of sp³-hybridized carbons (Fsp3) is 0.300. The first-order valence-electron chi connectivity index (χ1n) is 4.35. The molecule has 0 bridgehead atoms. The molecule has 0 saturated carbocycles. The Balaban J connectivity index is 2.82. The summed E-state index contributed by atoms with van der Waals surface area (Å²) in [5, 5.41) is 1.54. The Bertz CT molecular complexity index is 272. The van der Waals surface area contributed by atoms with Crippen LogP contribution in [0, 0.1) is 0 Å². The number of hydrogen-bond acceptors (Lipinski definition) is 2. The summed E-state index contributed by atoms with van der Waals surface area (Å²) >= 11 is 0. The van der Waals surface area contributed by atoms with E-state index in [4.69, 9.17) is 0 Å². The highest BCUT2D eigenvalue weighted by Gasteiger charge is 2.08. The van der Waals surface area contributed by atoms with Crippen LogP contribution < -0.4 is 10.4 Å². The van der Waals surface area contributed by atoms with Gasteiger partial charge >= 0.3 is 0 Å². The Morgan fingerprint density at radius 2 is 2.00 bits per heavy atom. The number of anilines is 1. The van der Waals surface area contributed by atoms with E-state index < -0.39 is 0 Å². The van der Waals surface area contributed by atoms with Gasteiger partial charge in [0.15, 0.2) is 0 Å². The number of para-hydroxylation sites is 1. The topological polar surface area (TPSA) is 32.3 Å². The molecule has 1 amide bonds. The van der Waals surface area contributed by atoms with Crippen LogP contribution in [0.1, 0.15) is 13.8 Å². The first-order valence-corrected chi connectivity index (χ1v) is 4.35. The van der Waals surface area contributed by atoms with Gasteiger partial charge in [-0.2, -0.15) is 0 Å². The van der Waals surface area contributed by atoms with E-state index in [-0.39, 0.29) is 5.91 Å². The Morgan fingerprint density at radius 3 is 2.46 bits per heavy atom. The maximum atomic E-state index is 11.2. The van der Waals surface area contributed by atoms with Gasteiger partial charge in [-0.1, -0.05) is 25.1 Å². The van der Waals surface area contributed by atoms with Crippen molar-refractivity contribution in [3.63, 3.8) is 0 Å². The van der Waals surface area contributed by atoms with Crippen LogP contribution in [0.25, 0.3) is 0 Å². The molecule has 1 aromatic carbocycles. The SMILES string of the molecule is CCNN(C(C)=O)c1ccccc1. The molecule has 0 aliphatic rings. The molecule has 0 aliphatic heterocycles. The van der Waals surface area contributed by atoms with E-state index in [1.165, 1.54) is 6.92 Å². The molecule has 70 valence electrons. The Kier molecular flexibility index (Phi) is 3.46. The monoisotopic (exact) mass is 178 g/mol. The van der Waals surface area contributed by atoms with Crippen LogP contribution >= 0.6 is 0 Å². The minimum Gasteiger partial charge on any atom is -0.273 e. The molecule has 13 heavy (non-hydrogen) atoms. The lowest BCUT2D eigenvalue weighted by Crippen LogP contribution is -2.41. The van der Waals surface area contributed by atoms with Gasteiger partial charge in [0.05, 0.1) is 5.69 Å². The maximum Gasteiger partial charge on any atom is 0.238 e. The van der Waals surface area contributed by atoms with Crippen molar-refractivity contribution in [3.05, 3.63) is 30.3 Å². The fourth-order valence-electron chi connectivity index (χ4n) is 1.12. The van der Waals surface area contributed by atoms with Gasteiger partial charge in [0.2, 0.25) is 5.91 Å². The highest BCUT2D eigenvalue weighted by molar-refractivity contribution is 5.90. The van der Waals surface area contributed by atoms with Gasteiger partial charge < -0.3 is 0 Å². The van der Waals surface area contributed by atoms with Gasteiger partial charge in [0.25, 0.3) is 0 Å². The minimum absolute atomic E-state index is 0.00644. The van der Waals surface area contributed by atoms with Crippen molar-refractivity contribution in [1.82, 2.24) is 5.43 Å². The number of rotatable bonds is 3. The molecule has 0 saturated heterocycles. The molecule has 0 heterocycles. The first-order chi connectivity index (χ1) is 6.25. The molecule has 3 heteroatoms. The van der Waals surface area contributed by atoms with Crippen LogP contribution in [-0.2, 0) is 4.79 Å². The number of benzene rings is 1. The second-order valence-electron chi connectivity index (χ2n) is 2.70. The van der Waals surface area contributed by atoms with E-state index in [9.17, 15) is 4.79 Å². The van der Waals surface area contributed by atoms with E-state index in [1.807, 2.05) is 37.3 Å². The average Bonchev–Trinajstić information content (AvgIpc) is 2.15. The molecule has 0 atom stereocenters. The molecule has 1 aromatic rings. The van der Waals surface area contributed by atoms with E-state index in [0.29, 0.717) is 0 Å². The molecule has 0 aromatic heterocycles. The van der Waals surface area contributed by atoms with Gasteiger partial charge in [-0.3, -0.25) is 4.79 Å². The van der Waals surface area contributed by atoms with Crippen molar-refractivity contribution in [2.45, 2.75) is 13.8 Å². The third kappa shape index (κ3) is 2.56. The lowest BCUT2D eigenvalue weighted by atomic mass is 10.3. The molecule has 1 rings (SSSR count). The van der Waals surface area contributed by atoms with E-state index in [0.717, 1.165) is 12.2 Å². The Hall–Kier alpha value is -1.35. The van der Waals surface area contributed by atoms with Crippen LogP contribution in [0.15, 0.2) is 30.3 Å². The fourth-order valence-corrected chi connectivity index (χ4v) is 1.12. The molecule has 0 fully saturated rings. The number of amides is 1. The summed E-state index contributed by atoms with van der Waals surface area (Å²) in [6.07, 6.45) is 0. The molecular formula is C10H14N2O. The molecule has 0 spiro atoms. The summed E-state index contributed by atoms with van der Waals surface area (Å²) < 4.78 is 0. The quantitative estimate of drug-likeness (QED) is 0.712. The second-order valence-corrected chi connectivity index (χ2v) is 2.70. The van der Waals surface area contributed by atoms with Crippen molar-refractivity contribution in [1.29, 1.82) is 0 Å². The lowest BCUT2D eigenvalue weighted by molar-refractivity contribution is -0.117. The number of hydrogen-bond donors (Lipinski definition) is 1. The number of nitrogens with zero attached hydrogens (tertiary/aromatic N) is 1. The van der Waals surface area contributed by atoms with Gasteiger partial charge in [-0.15, -0.1) is 0 Å². The molecule has 0 radical (unpaired) electrons. The summed E-state index contributed by atoms with van der Waals surface area (Å²) in [6.45, 7) is 4.23. The third-order valence-electron chi connectivity index (χ3n) is 1.65. The number of carbonyl (C=O) groups excluding carboxylic acids is 1. The van der Waals surface area contributed by atoms with E-state index in [2.05, 4.69) is 5.43 Å². The van der Waals surface area contributed by atoms with Gasteiger partial charge in [-0.25, -0.2) is 10.4 Å². The standard InChI is InChI=1S/C10H14N2O/c1-3-11-12(9(2)13)10-7-5-4-6-8-10/h4-8,11H,3H2,1-2H3. The average molecular weight is 178 g/mol. The second kappa shape index (κ2) is 4.62. The van der Waals surface area contributed by atoms with Crippen molar-refractivity contribution >= 4 is 11.6 Å². The summed E-state index contributed by atoms with van der Waals surface area (Å²) in [5.41, 5.74) is 3.85. The first kappa shape index (κ1) is 9.74. The van der Waals surface area contributed by atoms with Crippen LogP contribution in [0.5, 0.6) is 0 Å². The van der Waals surface area contributed by atoms with Crippen molar-refractivity contribution in [3.8, 4) is 0 Å². The smallest absolute Gasteiger partial charge is 0.238 e. The predicted octanol–water partition coefficient (Wildman–Crippen LogP) is 1.56. The largest absolute Gasteiger partial charge is 0.273 e. The van der Waals surface area contributed by atoms with E-state index in [1.54, 1.807) is 5.01 Å². The predicted molar refractivity (Wildman–Crippen MR) is 53.3 cm³/mol. The molecular weight excluding hydrogens is 164 g/mol. The minimum atomic E-state index is -0.00644. The lowest BCUT2D eigenvalue weighted by Gasteiger charge is -2.20. The summed E-state index contributed by atoms with van der Waals surface area (Å²) in [4.78, 5) is 11.2. The molecule has 0 aliphatic carbocycles. The molecule has 3 nitrogen and oxygen atoms in total. The highest BCUT2D eigenvalue weighted by Crippen LogP contribution is 2.10.